The summed E-state index contributed by atoms with van der Waals surface area (Å²) in [7, 11) is 0. The van der Waals surface area contributed by atoms with Gasteiger partial charge in [0, 0.05) is 18.5 Å². The Bertz CT molecular complexity index is 97.1. The Hall–Kier alpha value is -0.630. The summed E-state index contributed by atoms with van der Waals surface area (Å²) in [6, 6.07) is 0.355. The molecule has 0 spiro atoms. The molecule has 1 atom stereocenters. The van der Waals surface area contributed by atoms with E-state index >= 15 is 0 Å². The van der Waals surface area contributed by atoms with E-state index in [1.807, 2.05) is 6.21 Å². The largest absolute Gasteiger partial charge is 0.310 e. The molecule has 0 heterocycles. The highest BCUT2D eigenvalue weighted by Crippen LogP contribution is 1.75. The third-order valence-electron chi connectivity index (χ3n) is 0.941. The predicted octanol–water partition coefficient (Wildman–Crippen LogP) is 1.20. The molecule has 9 heavy (non-hydrogen) atoms. The second-order valence-corrected chi connectivity index (χ2v) is 1.83. The second kappa shape index (κ2) is 5.51. The van der Waals surface area contributed by atoms with Gasteiger partial charge in [0.05, 0.1) is 0 Å². The fraction of sp³-hybridized carbons (Fsp3) is 0.571. The summed E-state index contributed by atoms with van der Waals surface area (Å²) in [5.41, 5.74) is 0. The molecular weight excluding hydrogens is 112 g/mol. The number of rotatable bonds is 4. The lowest BCUT2D eigenvalue weighted by molar-refractivity contribution is 0.696. The first-order valence-electron chi connectivity index (χ1n) is 3.18. The fourth-order valence-corrected chi connectivity index (χ4v) is 0.565. The monoisotopic (exact) mass is 126 g/mol. The number of hydrogen-bond donors (Lipinski definition) is 1. The van der Waals surface area contributed by atoms with Gasteiger partial charge in [0.25, 0.3) is 0 Å². The maximum Gasteiger partial charge on any atom is 0.0395 e. The van der Waals surface area contributed by atoms with E-state index < -0.39 is 0 Å². The lowest BCUT2D eigenvalue weighted by atomic mass is 10.4. The summed E-state index contributed by atoms with van der Waals surface area (Å²) in [6.07, 6.45) is 3.37. The van der Waals surface area contributed by atoms with Crippen LogP contribution in [-0.4, -0.2) is 18.8 Å². The van der Waals surface area contributed by atoms with Crippen molar-refractivity contribution >= 4 is 6.21 Å². The Morgan fingerprint density at radius 3 is 2.89 bits per heavy atom. The lowest BCUT2D eigenvalue weighted by Crippen LogP contribution is -2.26. The number of hydrogen-bond acceptors (Lipinski definition) is 2. The third kappa shape index (κ3) is 5.24. The molecule has 0 fully saturated rings. The molecule has 0 aliphatic rings. The lowest BCUT2D eigenvalue weighted by Gasteiger charge is -2.03. The van der Waals surface area contributed by atoms with Crippen molar-refractivity contribution in [3.05, 3.63) is 12.8 Å². The van der Waals surface area contributed by atoms with Crippen molar-refractivity contribution in [3.63, 3.8) is 0 Å². The summed E-state index contributed by atoms with van der Waals surface area (Å²) in [5.74, 6) is 0. The van der Waals surface area contributed by atoms with Crippen LogP contribution < -0.4 is 5.32 Å². The van der Waals surface area contributed by atoms with E-state index in [4.69, 9.17) is 0 Å². The molecule has 0 bridgehead atoms. The van der Waals surface area contributed by atoms with Crippen molar-refractivity contribution in [2.24, 2.45) is 4.99 Å². The molecule has 0 rings (SSSR count). The van der Waals surface area contributed by atoms with Crippen molar-refractivity contribution < 1.29 is 0 Å². The van der Waals surface area contributed by atoms with Crippen molar-refractivity contribution in [1.82, 2.24) is 5.32 Å². The summed E-state index contributed by atoms with van der Waals surface area (Å²) in [5, 5.41) is 3.18. The minimum Gasteiger partial charge on any atom is -0.310 e. The van der Waals surface area contributed by atoms with Gasteiger partial charge in [-0.2, -0.15) is 0 Å². The van der Waals surface area contributed by atoms with Gasteiger partial charge < -0.3 is 5.32 Å². The number of nitrogens with one attached hydrogen (secondary N) is 1. The molecule has 0 saturated carbocycles. The van der Waals surface area contributed by atoms with Crippen LogP contribution >= 0.6 is 0 Å². The van der Waals surface area contributed by atoms with Crippen LogP contribution in [0.2, 0.25) is 0 Å². The average Bonchev–Trinajstić information content (AvgIpc) is 1.85. The highest BCUT2D eigenvalue weighted by molar-refractivity contribution is 5.64. The summed E-state index contributed by atoms with van der Waals surface area (Å²) >= 11 is 0. The Morgan fingerprint density at radius 2 is 2.44 bits per heavy atom. The topological polar surface area (TPSA) is 24.4 Å². The summed E-state index contributed by atoms with van der Waals surface area (Å²) in [4.78, 5) is 3.87. The Kier molecular flexibility index (Phi) is 5.12. The predicted molar refractivity (Wildman–Crippen MR) is 41.8 cm³/mol. The molecule has 52 valence electrons. The maximum absolute atomic E-state index is 3.87. The van der Waals surface area contributed by atoms with E-state index in [2.05, 4.69) is 30.7 Å². The molecule has 0 unspecified atom stereocenters. The average molecular weight is 126 g/mol. The van der Waals surface area contributed by atoms with Gasteiger partial charge in [0.15, 0.2) is 0 Å². The highest BCUT2D eigenvalue weighted by Gasteiger charge is 1.89. The second-order valence-electron chi connectivity index (χ2n) is 1.83. The van der Waals surface area contributed by atoms with Gasteiger partial charge in [-0.05, 0) is 13.5 Å². The first kappa shape index (κ1) is 8.37. The molecule has 0 radical (unpaired) electrons. The minimum atomic E-state index is 0.355. The molecule has 0 saturated heterocycles. The third-order valence-corrected chi connectivity index (χ3v) is 0.941. The molecule has 2 heteroatoms. The van der Waals surface area contributed by atoms with E-state index in [9.17, 15) is 0 Å². The van der Waals surface area contributed by atoms with Crippen LogP contribution in [0.5, 0.6) is 0 Å². The van der Waals surface area contributed by atoms with Crippen molar-refractivity contribution in [2.75, 3.05) is 6.54 Å². The zero-order valence-corrected chi connectivity index (χ0v) is 6.09. The van der Waals surface area contributed by atoms with Crippen LogP contribution in [-0.2, 0) is 0 Å². The van der Waals surface area contributed by atoms with Crippen LogP contribution in [0, 0.1) is 0 Å². The van der Waals surface area contributed by atoms with Crippen LogP contribution in [0.1, 0.15) is 13.8 Å². The van der Waals surface area contributed by atoms with Gasteiger partial charge in [-0.3, -0.25) is 4.99 Å². The van der Waals surface area contributed by atoms with Gasteiger partial charge in [-0.1, -0.05) is 13.5 Å². The Balaban J connectivity index is 3.35. The van der Waals surface area contributed by atoms with E-state index in [1.165, 1.54) is 6.20 Å². The van der Waals surface area contributed by atoms with Crippen molar-refractivity contribution in [1.29, 1.82) is 0 Å². The SMILES string of the molecule is C=C/N=C\[C@H](C)NCC. The fourth-order valence-electron chi connectivity index (χ4n) is 0.565. The molecule has 0 amide bonds. The smallest absolute Gasteiger partial charge is 0.0395 e. The maximum atomic E-state index is 3.87. The van der Waals surface area contributed by atoms with Crippen molar-refractivity contribution in [3.8, 4) is 0 Å². The minimum absolute atomic E-state index is 0.355. The molecular formula is C7H14N2. The van der Waals surface area contributed by atoms with Gasteiger partial charge >= 0.3 is 0 Å². The van der Waals surface area contributed by atoms with E-state index in [0.29, 0.717) is 6.04 Å². The van der Waals surface area contributed by atoms with Crippen LogP contribution in [0.4, 0.5) is 0 Å². The molecule has 0 aromatic carbocycles. The van der Waals surface area contributed by atoms with Crippen molar-refractivity contribution in [2.45, 2.75) is 19.9 Å². The molecule has 1 N–H and O–H groups in total. The first-order valence-corrected chi connectivity index (χ1v) is 3.18. The van der Waals surface area contributed by atoms with Gasteiger partial charge in [0.2, 0.25) is 0 Å². The quantitative estimate of drug-likeness (QED) is 0.562. The van der Waals surface area contributed by atoms with Crippen LogP contribution in [0.25, 0.3) is 0 Å². The van der Waals surface area contributed by atoms with E-state index in [0.717, 1.165) is 6.54 Å². The van der Waals surface area contributed by atoms with Crippen LogP contribution in [0.3, 0.4) is 0 Å². The van der Waals surface area contributed by atoms with E-state index in [1.54, 1.807) is 0 Å². The molecule has 0 aromatic heterocycles. The Labute approximate surface area is 56.7 Å². The standard InChI is InChI=1S/C7H14N2/c1-4-8-6-7(3)9-5-2/h4,6-7,9H,1,5H2,2-3H3/b8-6-/t7-/m0/s1. The summed E-state index contributed by atoms with van der Waals surface area (Å²) in [6.45, 7) is 8.56. The van der Waals surface area contributed by atoms with Gasteiger partial charge in [-0.15, -0.1) is 0 Å². The molecule has 0 aliphatic carbocycles. The van der Waals surface area contributed by atoms with Gasteiger partial charge in [-0.25, -0.2) is 0 Å². The number of aliphatic imine (C=N–C) groups is 1. The Morgan fingerprint density at radius 1 is 1.78 bits per heavy atom. The molecule has 0 aliphatic heterocycles. The highest BCUT2D eigenvalue weighted by atomic mass is 14.9. The molecule has 0 aromatic rings. The van der Waals surface area contributed by atoms with Gasteiger partial charge in [0.1, 0.15) is 0 Å². The normalized spacial score (nSPS) is 14.0. The van der Waals surface area contributed by atoms with E-state index in [-0.39, 0.29) is 0 Å². The van der Waals surface area contributed by atoms with Crippen LogP contribution in [0.15, 0.2) is 17.8 Å². The zero-order chi connectivity index (χ0) is 7.11. The first-order chi connectivity index (χ1) is 4.31. The number of nitrogens with zero attached hydrogens (tertiary/aromatic N) is 1. The zero-order valence-electron chi connectivity index (χ0n) is 6.09. The summed E-state index contributed by atoms with van der Waals surface area (Å²) < 4.78 is 0. The molecule has 2 nitrogen and oxygen atoms in total.